The molecule has 2 aromatic carbocycles. The number of hydrazine groups is 1. The van der Waals surface area contributed by atoms with Crippen molar-refractivity contribution in [1.82, 2.24) is 35.5 Å². The number of carbonyl (C=O) groups excluding carboxylic acids is 4. The molecule has 3 aliphatic heterocycles. The second kappa shape index (κ2) is 17.1. The van der Waals surface area contributed by atoms with E-state index < -0.39 is 41.3 Å². The molecule has 4 aromatic rings. The summed E-state index contributed by atoms with van der Waals surface area (Å²) in [7, 11) is 1.68. The molecular formula is C45H57N7O7. The minimum atomic E-state index is -1.09. The Morgan fingerprint density at radius 2 is 1.90 bits per heavy atom. The molecule has 0 aliphatic carbocycles. The van der Waals surface area contributed by atoms with Crippen LogP contribution in [-0.4, -0.2) is 99.9 Å². The van der Waals surface area contributed by atoms with Crippen molar-refractivity contribution in [2.45, 2.75) is 98.0 Å². The maximum Gasteiger partial charge on any atom is 0.324 e. The number of cyclic esters (lactones) is 1. The maximum atomic E-state index is 14.5. The third-order valence-corrected chi connectivity index (χ3v) is 11.8. The van der Waals surface area contributed by atoms with Crippen LogP contribution in [0.15, 0.2) is 54.7 Å². The molecule has 6 bridgehead atoms. The second-order valence-corrected chi connectivity index (χ2v) is 17.2. The summed E-state index contributed by atoms with van der Waals surface area (Å²) in [6.07, 6.45) is 3.11. The van der Waals surface area contributed by atoms with E-state index in [0.717, 1.165) is 44.5 Å². The fourth-order valence-electron chi connectivity index (χ4n) is 8.85. The van der Waals surface area contributed by atoms with Crippen LogP contribution in [0.25, 0.3) is 33.3 Å². The van der Waals surface area contributed by atoms with Gasteiger partial charge in [-0.05, 0) is 97.7 Å². The first-order valence-corrected chi connectivity index (χ1v) is 20.7. The molecule has 4 atom stereocenters. The number of carbonyl (C=O) groups is 4. The van der Waals surface area contributed by atoms with Gasteiger partial charge in [0, 0.05) is 54.7 Å². The molecule has 0 radical (unpaired) electrons. The number of phenolic OH excluding ortho intramolecular Hbond substituents is 1. The Bertz CT molecular complexity index is 2250. The van der Waals surface area contributed by atoms with Crippen LogP contribution in [-0.2, 0) is 48.0 Å². The van der Waals surface area contributed by atoms with Crippen LogP contribution in [0, 0.1) is 11.3 Å². The number of hydrogen-bond donors (Lipinski definition) is 4. The van der Waals surface area contributed by atoms with Crippen LogP contribution in [0.1, 0.15) is 77.3 Å². The van der Waals surface area contributed by atoms with Gasteiger partial charge in [-0.1, -0.05) is 39.8 Å². The number of fused-ring (bicyclic) bond motifs is 6. The average Bonchev–Trinajstić information content (AvgIpc) is 3.77. The predicted octanol–water partition coefficient (Wildman–Crippen LogP) is 4.87. The third-order valence-electron chi connectivity index (χ3n) is 11.8. The van der Waals surface area contributed by atoms with Crippen LogP contribution in [0.3, 0.4) is 0 Å². The minimum absolute atomic E-state index is 0.0129. The number of hydrogen-bond acceptors (Lipinski definition) is 10. The summed E-state index contributed by atoms with van der Waals surface area (Å²) in [5.41, 5.74) is 9.70. The molecule has 3 amide bonds. The lowest BCUT2D eigenvalue weighted by Gasteiger charge is -2.36. The number of phenols is 1. The van der Waals surface area contributed by atoms with Crippen molar-refractivity contribution in [3.8, 4) is 28.1 Å². The number of aromatic hydroxyl groups is 1. The number of esters is 1. The second-order valence-electron chi connectivity index (χ2n) is 17.2. The molecule has 14 nitrogen and oxygen atoms in total. The SMILES string of the molecule is CCn1c(-c2cccnc2[C@H](C)OC)c2c3cc(ccc31)-c1cc(O)cc(c1)C[C@H](NC(=O)C(C(C)C)N1CNCC1=O)C(=O)N1CCC[C@H](N1)C(=O)OCC(C)(C)C2. The summed E-state index contributed by atoms with van der Waals surface area (Å²) < 4.78 is 14.2. The van der Waals surface area contributed by atoms with E-state index in [1.807, 2.05) is 39.0 Å². The van der Waals surface area contributed by atoms with Crippen LogP contribution in [0.2, 0.25) is 0 Å². The molecule has 0 saturated carbocycles. The van der Waals surface area contributed by atoms with Crippen LogP contribution >= 0.6 is 0 Å². The Labute approximate surface area is 345 Å². The molecule has 4 N–H and O–H groups in total. The van der Waals surface area contributed by atoms with Crippen molar-refractivity contribution < 1.29 is 33.8 Å². The monoisotopic (exact) mass is 807 g/mol. The summed E-state index contributed by atoms with van der Waals surface area (Å²) in [4.78, 5) is 61.5. The molecule has 314 valence electrons. The molecule has 2 aromatic heterocycles. The summed E-state index contributed by atoms with van der Waals surface area (Å²) >= 11 is 0. The molecule has 2 fully saturated rings. The number of methoxy groups -OCH3 is 1. The summed E-state index contributed by atoms with van der Waals surface area (Å²) in [6, 6.07) is 12.8. The van der Waals surface area contributed by atoms with Crippen molar-refractivity contribution in [3.05, 3.63) is 71.5 Å². The van der Waals surface area contributed by atoms with E-state index in [1.54, 1.807) is 25.4 Å². The van der Waals surface area contributed by atoms with Gasteiger partial charge in [0.05, 0.1) is 37.3 Å². The van der Waals surface area contributed by atoms with Gasteiger partial charge >= 0.3 is 5.97 Å². The fraction of sp³-hybridized carbons (Fsp3) is 0.489. The number of nitrogens with zero attached hydrogens (tertiary/aromatic N) is 4. The highest BCUT2D eigenvalue weighted by Gasteiger charge is 2.39. The normalized spacial score (nSPS) is 21.1. The van der Waals surface area contributed by atoms with Crippen molar-refractivity contribution in [1.29, 1.82) is 0 Å². The first-order chi connectivity index (χ1) is 28.2. The first kappa shape index (κ1) is 41.8. The van der Waals surface area contributed by atoms with Gasteiger partial charge in [0.1, 0.15) is 23.9 Å². The lowest BCUT2D eigenvalue weighted by atomic mass is 9.84. The number of nitrogens with one attached hydrogen (secondary N) is 3. The molecule has 2 saturated heterocycles. The topological polar surface area (TPSA) is 167 Å². The first-order valence-electron chi connectivity index (χ1n) is 20.7. The van der Waals surface area contributed by atoms with Crippen molar-refractivity contribution in [3.63, 3.8) is 0 Å². The minimum Gasteiger partial charge on any atom is -0.508 e. The van der Waals surface area contributed by atoms with Crippen LogP contribution in [0.5, 0.6) is 5.75 Å². The Morgan fingerprint density at radius 1 is 1.10 bits per heavy atom. The van der Waals surface area contributed by atoms with Crippen molar-refractivity contribution in [2.24, 2.45) is 11.3 Å². The third kappa shape index (κ3) is 8.57. The Kier molecular flexibility index (Phi) is 12.1. The van der Waals surface area contributed by atoms with Gasteiger partial charge in [-0.25, -0.2) is 5.43 Å². The number of amides is 3. The quantitative estimate of drug-likeness (QED) is 0.181. The largest absolute Gasteiger partial charge is 0.508 e. The molecule has 1 unspecified atom stereocenters. The van der Waals surface area contributed by atoms with E-state index in [0.29, 0.717) is 37.9 Å². The van der Waals surface area contributed by atoms with E-state index in [1.165, 1.54) is 9.91 Å². The van der Waals surface area contributed by atoms with Gasteiger partial charge in [0.25, 0.3) is 5.91 Å². The number of aryl methyl sites for hydroxylation is 1. The molecular weight excluding hydrogens is 751 g/mol. The summed E-state index contributed by atoms with van der Waals surface area (Å²) in [5.74, 6) is -1.78. The Balaban J connectivity index is 1.37. The van der Waals surface area contributed by atoms with Crippen LogP contribution in [0.4, 0.5) is 0 Å². The molecule has 7 rings (SSSR count). The summed E-state index contributed by atoms with van der Waals surface area (Å²) in [6.45, 7) is 13.5. The number of pyridine rings is 1. The highest BCUT2D eigenvalue weighted by atomic mass is 16.5. The summed E-state index contributed by atoms with van der Waals surface area (Å²) in [5, 5.41) is 19.6. The molecule has 59 heavy (non-hydrogen) atoms. The molecule has 14 heteroatoms. The van der Waals surface area contributed by atoms with E-state index in [9.17, 15) is 24.3 Å². The predicted molar refractivity (Wildman–Crippen MR) is 224 cm³/mol. The van der Waals surface area contributed by atoms with Crippen molar-refractivity contribution >= 4 is 34.6 Å². The fourth-order valence-corrected chi connectivity index (χ4v) is 8.85. The lowest BCUT2D eigenvalue weighted by Crippen LogP contribution is -2.62. The van der Waals surface area contributed by atoms with Gasteiger partial charge < -0.3 is 29.4 Å². The standard InChI is InChI=1S/C45H57N7O7/c1-8-50-37-14-13-29-21-33(37)34(41(50)32-11-9-15-47-39(32)27(4)58-7)22-45(5,6)24-59-44(57)35-12-10-16-52(49-35)43(56)36(19-28-17-30(29)20-31(53)18-28)48-42(55)40(26(2)3)51-25-46-23-38(51)54/h9,11,13-15,17-18,20-21,26-27,35-36,40,46,49,53H,8,10,12,16,19,22-25H2,1-7H3,(H,48,55)/t27-,35-,36-,40?/m0/s1. The number of rotatable bonds is 8. The van der Waals surface area contributed by atoms with E-state index in [4.69, 9.17) is 14.5 Å². The smallest absolute Gasteiger partial charge is 0.324 e. The molecule has 5 heterocycles. The van der Waals surface area contributed by atoms with Crippen molar-refractivity contribution in [2.75, 3.05) is 33.5 Å². The molecule has 3 aliphatic rings. The maximum absolute atomic E-state index is 14.5. The van der Waals surface area contributed by atoms with Gasteiger partial charge in [-0.3, -0.25) is 34.5 Å². The highest BCUT2D eigenvalue weighted by molar-refractivity contribution is 5.96. The number of ether oxygens (including phenoxy) is 2. The van der Waals surface area contributed by atoms with Gasteiger partial charge in [-0.2, -0.15) is 0 Å². The number of benzene rings is 2. The van der Waals surface area contributed by atoms with Crippen LogP contribution < -0.4 is 16.1 Å². The zero-order chi connectivity index (χ0) is 42.2. The lowest BCUT2D eigenvalue weighted by molar-refractivity contribution is -0.155. The highest BCUT2D eigenvalue weighted by Crippen LogP contribution is 2.42. The zero-order valence-corrected chi connectivity index (χ0v) is 35.1. The van der Waals surface area contributed by atoms with E-state index in [-0.39, 0.29) is 49.9 Å². The Hall–Kier alpha value is -5.31. The van der Waals surface area contributed by atoms with Gasteiger partial charge in [0.15, 0.2) is 0 Å². The van der Waals surface area contributed by atoms with E-state index in [2.05, 4.69) is 59.6 Å². The van der Waals surface area contributed by atoms with E-state index >= 15 is 0 Å². The zero-order valence-electron chi connectivity index (χ0n) is 35.1. The average molecular weight is 808 g/mol. The number of aromatic nitrogens is 2. The van der Waals surface area contributed by atoms with Gasteiger partial charge in [0.2, 0.25) is 11.8 Å². The van der Waals surface area contributed by atoms with Gasteiger partial charge in [-0.15, -0.1) is 0 Å². The Morgan fingerprint density at radius 3 is 2.61 bits per heavy atom. The molecule has 0 spiro atoms.